The molecule has 3 nitrogen and oxygen atoms in total. The number of unbranched alkanes of at least 4 members (excludes halogenated alkanes) is 1. The first-order valence-corrected chi connectivity index (χ1v) is 8.11. The number of hydrogen-bond donors (Lipinski definition) is 1. The summed E-state index contributed by atoms with van der Waals surface area (Å²) in [6, 6.07) is 9.54. The van der Waals surface area contributed by atoms with Gasteiger partial charge in [0.1, 0.15) is 5.82 Å². The van der Waals surface area contributed by atoms with E-state index in [4.69, 9.17) is 0 Å². The highest BCUT2D eigenvalue weighted by Gasteiger charge is 2.16. The summed E-state index contributed by atoms with van der Waals surface area (Å²) in [5, 5.41) is 3.73. The summed E-state index contributed by atoms with van der Waals surface area (Å²) >= 11 is 0. The fourth-order valence-corrected chi connectivity index (χ4v) is 3.23. The molecule has 112 valence electrons. The molecule has 0 radical (unpaired) electrons. The maximum atomic E-state index is 4.26. The van der Waals surface area contributed by atoms with E-state index in [2.05, 4.69) is 52.3 Å². The minimum absolute atomic E-state index is 0.662. The van der Waals surface area contributed by atoms with Gasteiger partial charge in [0.05, 0.1) is 0 Å². The van der Waals surface area contributed by atoms with E-state index in [1.165, 1.54) is 37.7 Å². The summed E-state index contributed by atoms with van der Waals surface area (Å²) < 4.78 is 2.23. The fourth-order valence-electron chi connectivity index (χ4n) is 3.23. The van der Waals surface area contributed by atoms with Gasteiger partial charge in [0.25, 0.3) is 0 Å². The van der Waals surface area contributed by atoms with Crippen molar-refractivity contribution in [2.45, 2.75) is 51.6 Å². The maximum absolute atomic E-state index is 4.26. The molecule has 1 aliphatic carbocycles. The lowest BCUT2D eigenvalue weighted by Gasteiger charge is -2.25. The van der Waals surface area contributed by atoms with Crippen LogP contribution in [0, 0.1) is 6.92 Å². The summed E-state index contributed by atoms with van der Waals surface area (Å²) in [5.41, 5.74) is 3.08. The second-order valence-corrected chi connectivity index (χ2v) is 6.04. The van der Waals surface area contributed by atoms with Crippen LogP contribution in [0.15, 0.2) is 36.7 Å². The van der Waals surface area contributed by atoms with Gasteiger partial charge >= 0.3 is 0 Å². The Labute approximate surface area is 127 Å². The predicted octanol–water partition coefficient (Wildman–Crippen LogP) is 3.12. The molecule has 0 spiro atoms. The zero-order chi connectivity index (χ0) is 14.5. The standard InChI is InChI=1S/C18H25N3/c1-15-19-11-13-21(15)12-5-4-10-20-18-9-8-16-6-2-3-7-17(16)14-18/h2-3,6-7,11,13,18,20H,4-5,8-10,12,14H2,1H3. The molecule has 1 heterocycles. The zero-order valence-electron chi connectivity index (χ0n) is 12.9. The van der Waals surface area contributed by atoms with Crippen LogP contribution in [0.3, 0.4) is 0 Å². The molecule has 0 amide bonds. The summed E-state index contributed by atoms with van der Waals surface area (Å²) in [5.74, 6) is 1.12. The number of fused-ring (bicyclic) bond motifs is 1. The molecule has 1 aliphatic rings. The quantitative estimate of drug-likeness (QED) is 0.826. The topological polar surface area (TPSA) is 29.9 Å². The van der Waals surface area contributed by atoms with Gasteiger partial charge in [-0.3, -0.25) is 0 Å². The predicted molar refractivity (Wildman–Crippen MR) is 86.5 cm³/mol. The summed E-state index contributed by atoms with van der Waals surface area (Å²) in [7, 11) is 0. The molecule has 1 aromatic heterocycles. The molecule has 0 aliphatic heterocycles. The summed E-state index contributed by atoms with van der Waals surface area (Å²) in [4.78, 5) is 4.26. The maximum Gasteiger partial charge on any atom is 0.105 e. The third-order valence-corrected chi connectivity index (χ3v) is 4.53. The molecule has 3 heteroatoms. The van der Waals surface area contributed by atoms with Crippen LogP contribution in [0.25, 0.3) is 0 Å². The Morgan fingerprint density at radius 3 is 2.90 bits per heavy atom. The normalized spacial score (nSPS) is 17.7. The van der Waals surface area contributed by atoms with Crippen molar-refractivity contribution in [2.75, 3.05) is 6.54 Å². The average molecular weight is 283 g/mol. The van der Waals surface area contributed by atoms with Crippen LogP contribution in [0.2, 0.25) is 0 Å². The molecular weight excluding hydrogens is 258 g/mol. The lowest BCUT2D eigenvalue weighted by atomic mass is 9.88. The second-order valence-electron chi connectivity index (χ2n) is 6.04. The van der Waals surface area contributed by atoms with Gasteiger partial charge in [-0.25, -0.2) is 4.98 Å². The first-order valence-electron chi connectivity index (χ1n) is 8.11. The molecule has 2 aromatic rings. The average Bonchev–Trinajstić information content (AvgIpc) is 2.92. The monoisotopic (exact) mass is 283 g/mol. The Balaban J connectivity index is 1.36. The number of nitrogens with one attached hydrogen (secondary N) is 1. The van der Waals surface area contributed by atoms with Gasteiger partial charge in [0.15, 0.2) is 0 Å². The molecule has 0 saturated carbocycles. The van der Waals surface area contributed by atoms with E-state index in [-0.39, 0.29) is 0 Å². The fraction of sp³-hybridized carbons (Fsp3) is 0.500. The number of hydrogen-bond acceptors (Lipinski definition) is 2. The van der Waals surface area contributed by atoms with E-state index in [9.17, 15) is 0 Å². The van der Waals surface area contributed by atoms with Crippen molar-refractivity contribution in [2.24, 2.45) is 0 Å². The summed E-state index contributed by atoms with van der Waals surface area (Å²) in [6.07, 6.45) is 10.1. The molecule has 21 heavy (non-hydrogen) atoms. The van der Waals surface area contributed by atoms with Crippen LogP contribution in [0.1, 0.15) is 36.2 Å². The highest BCUT2D eigenvalue weighted by molar-refractivity contribution is 5.30. The third-order valence-electron chi connectivity index (χ3n) is 4.53. The number of aryl methyl sites for hydroxylation is 3. The van der Waals surface area contributed by atoms with Crippen LogP contribution >= 0.6 is 0 Å². The molecule has 1 atom stereocenters. The third kappa shape index (κ3) is 3.73. The lowest BCUT2D eigenvalue weighted by molar-refractivity contribution is 0.444. The van der Waals surface area contributed by atoms with Crippen molar-refractivity contribution in [1.82, 2.24) is 14.9 Å². The largest absolute Gasteiger partial charge is 0.335 e. The SMILES string of the molecule is Cc1nccn1CCCCNC1CCc2ccccc2C1. The van der Waals surface area contributed by atoms with Gasteiger partial charge in [-0.05, 0) is 56.7 Å². The van der Waals surface area contributed by atoms with Crippen molar-refractivity contribution in [1.29, 1.82) is 0 Å². The van der Waals surface area contributed by atoms with Gasteiger partial charge < -0.3 is 9.88 Å². The first kappa shape index (κ1) is 14.3. The second kappa shape index (κ2) is 6.90. The Hall–Kier alpha value is -1.61. The van der Waals surface area contributed by atoms with E-state index >= 15 is 0 Å². The van der Waals surface area contributed by atoms with Gasteiger partial charge in [0.2, 0.25) is 0 Å². The highest BCUT2D eigenvalue weighted by atomic mass is 15.0. The van der Waals surface area contributed by atoms with E-state index in [1.807, 2.05) is 6.20 Å². The minimum Gasteiger partial charge on any atom is -0.335 e. The van der Waals surface area contributed by atoms with Crippen molar-refractivity contribution in [3.63, 3.8) is 0 Å². The van der Waals surface area contributed by atoms with Gasteiger partial charge in [-0.1, -0.05) is 24.3 Å². The van der Waals surface area contributed by atoms with Gasteiger partial charge in [-0.15, -0.1) is 0 Å². The van der Waals surface area contributed by atoms with Crippen LogP contribution in [-0.4, -0.2) is 22.1 Å². The Morgan fingerprint density at radius 2 is 2.10 bits per heavy atom. The zero-order valence-corrected chi connectivity index (χ0v) is 12.9. The molecule has 1 unspecified atom stereocenters. The molecule has 0 bridgehead atoms. The molecule has 3 rings (SSSR count). The minimum atomic E-state index is 0.662. The van der Waals surface area contributed by atoms with E-state index in [0.29, 0.717) is 6.04 Å². The van der Waals surface area contributed by atoms with Crippen molar-refractivity contribution < 1.29 is 0 Å². The lowest BCUT2D eigenvalue weighted by Crippen LogP contribution is -2.35. The Morgan fingerprint density at radius 1 is 1.24 bits per heavy atom. The van der Waals surface area contributed by atoms with Crippen molar-refractivity contribution >= 4 is 0 Å². The Kier molecular flexibility index (Phi) is 4.71. The van der Waals surface area contributed by atoms with Crippen molar-refractivity contribution in [3.8, 4) is 0 Å². The number of benzene rings is 1. The van der Waals surface area contributed by atoms with Gasteiger partial charge in [0, 0.05) is 25.0 Å². The van der Waals surface area contributed by atoms with Crippen LogP contribution in [0.4, 0.5) is 0 Å². The smallest absolute Gasteiger partial charge is 0.105 e. The van der Waals surface area contributed by atoms with Crippen LogP contribution in [0.5, 0.6) is 0 Å². The molecule has 0 fully saturated rings. The van der Waals surface area contributed by atoms with E-state index in [0.717, 1.165) is 18.9 Å². The van der Waals surface area contributed by atoms with E-state index in [1.54, 1.807) is 5.56 Å². The van der Waals surface area contributed by atoms with Crippen molar-refractivity contribution in [3.05, 3.63) is 53.6 Å². The first-order chi connectivity index (χ1) is 10.3. The summed E-state index contributed by atoms with van der Waals surface area (Å²) in [6.45, 7) is 4.28. The van der Waals surface area contributed by atoms with Crippen LogP contribution in [-0.2, 0) is 19.4 Å². The number of aromatic nitrogens is 2. The number of nitrogens with zero attached hydrogens (tertiary/aromatic N) is 2. The molecule has 1 aromatic carbocycles. The molecule has 0 saturated heterocycles. The number of rotatable bonds is 6. The van der Waals surface area contributed by atoms with Crippen LogP contribution < -0.4 is 5.32 Å². The Bertz CT molecular complexity index is 573. The highest BCUT2D eigenvalue weighted by Crippen LogP contribution is 2.20. The molecule has 1 N–H and O–H groups in total. The van der Waals surface area contributed by atoms with Gasteiger partial charge in [-0.2, -0.15) is 0 Å². The number of imidazole rings is 1. The molecular formula is C18H25N3. The van der Waals surface area contributed by atoms with E-state index < -0.39 is 0 Å².